The fraction of sp³-hybridized carbons (Fsp3) is 0.222. The van der Waals surface area contributed by atoms with E-state index in [0.717, 1.165) is 28.5 Å². The molecule has 1 aliphatic rings. The second-order valence-corrected chi connectivity index (χ2v) is 6.17. The molecule has 2 aromatic rings. The lowest BCUT2D eigenvalue weighted by atomic mass is 10.0. The molecule has 0 amide bonds. The zero-order valence-corrected chi connectivity index (χ0v) is 14.5. The van der Waals surface area contributed by atoms with Gasteiger partial charge in [-0.1, -0.05) is 22.0 Å². The van der Waals surface area contributed by atoms with Crippen molar-refractivity contribution in [3.05, 3.63) is 57.8 Å². The van der Waals surface area contributed by atoms with Crippen molar-refractivity contribution in [3.8, 4) is 5.88 Å². The standard InChI is InChI=1S/C18H16BrNO3/c1-11-16(18(21)22-2)14-10-12(19)8-9-15(14)20-17(11)23-13-6-4-3-5-7-13/h4,6-10H,3,5H2,1-2H3. The van der Waals surface area contributed by atoms with E-state index in [2.05, 4.69) is 27.0 Å². The molecule has 5 heteroatoms. The molecule has 1 aromatic heterocycles. The first kappa shape index (κ1) is 15.7. The largest absolute Gasteiger partial charge is 0.465 e. The summed E-state index contributed by atoms with van der Waals surface area (Å²) in [6, 6.07) is 5.60. The quantitative estimate of drug-likeness (QED) is 0.731. The number of fused-ring (bicyclic) bond motifs is 1. The summed E-state index contributed by atoms with van der Waals surface area (Å²) in [4.78, 5) is 16.8. The predicted octanol–water partition coefficient (Wildman–Crippen LogP) is 4.71. The van der Waals surface area contributed by atoms with Crippen molar-refractivity contribution in [3.63, 3.8) is 0 Å². The number of esters is 1. The van der Waals surface area contributed by atoms with E-state index in [-0.39, 0.29) is 0 Å². The van der Waals surface area contributed by atoms with Crippen LogP contribution in [0.25, 0.3) is 10.9 Å². The van der Waals surface area contributed by atoms with Gasteiger partial charge >= 0.3 is 5.97 Å². The minimum absolute atomic E-state index is 0.397. The highest BCUT2D eigenvalue weighted by Gasteiger charge is 2.20. The first-order chi connectivity index (χ1) is 11.1. The van der Waals surface area contributed by atoms with Crippen LogP contribution in [-0.4, -0.2) is 18.1 Å². The van der Waals surface area contributed by atoms with E-state index in [4.69, 9.17) is 9.47 Å². The van der Waals surface area contributed by atoms with Gasteiger partial charge in [0.05, 0.1) is 18.2 Å². The van der Waals surface area contributed by atoms with Crippen LogP contribution in [0.15, 0.2) is 46.7 Å². The van der Waals surface area contributed by atoms with Gasteiger partial charge in [0.2, 0.25) is 5.88 Å². The SMILES string of the molecule is COC(=O)c1c(C)c(OC2=CCCC=C2)nc2ccc(Br)cc12. The number of methoxy groups -OCH3 is 1. The Kier molecular flexibility index (Phi) is 4.48. The van der Waals surface area contributed by atoms with Crippen LogP contribution in [0.1, 0.15) is 28.8 Å². The van der Waals surface area contributed by atoms with E-state index >= 15 is 0 Å². The fourth-order valence-electron chi connectivity index (χ4n) is 2.55. The van der Waals surface area contributed by atoms with Crippen molar-refractivity contribution < 1.29 is 14.3 Å². The normalized spacial score (nSPS) is 13.8. The van der Waals surface area contributed by atoms with Crippen LogP contribution in [-0.2, 0) is 4.74 Å². The second kappa shape index (κ2) is 6.54. The number of halogens is 1. The van der Waals surface area contributed by atoms with Gasteiger partial charge in [-0.2, -0.15) is 0 Å². The number of carbonyl (C=O) groups excluding carboxylic acids is 1. The molecule has 23 heavy (non-hydrogen) atoms. The molecule has 0 radical (unpaired) electrons. The molecule has 3 rings (SSSR count). The molecule has 0 spiro atoms. The summed E-state index contributed by atoms with van der Waals surface area (Å²) in [5.41, 5.74) is 1.84. The van der Waals surface area contributed by atoms with Crippen LogP contribution >= 0.6 is 15.9 Å². The Hall–Kier alpha value is -2.14. The summed E-state index contributed by atoms with van der Waals surface area (Å²) in [6.07, 6.45) is 7.96. The summed E-state index contributed by atoms with van der Waals surface area (Å²) in [7, 11) is 1.37. The van der Waals surface area contributed by atoms with Gasteiger partial charge in [-0.25, -0.2) is 9.78 Å². The third kappa shape index (κ3) is 3.15. The van der Waals surface area contributed by atoms with Gasteiger partial charge in [-0.3, -0.25) is 0 Å². The number of pyridine rings is 1. The summed E-state index contributed by atoms with van der Waals surface area (Å²) in [5.74, 6) is 0.781. The van der Waals surface area contributed by atoms with Gasteiger partial charge in [0.15, 0.2) is 0 Å². The van der Waals surface area contributed by atoms with Crippen molar-refractivity contribution in [2.75, 3.05) is 7.11 Å². The molecular formula is C18H16BrNO3. The van der Waals surface area contributed by atoms with Crippen molar-refractivity contribution in [2.24, 2.45) is 0 Å². The lowest BCUT2D eigenvalue weighted by molar-refractivity contribution is 0.0601. The molecule has 0 unspecified atom stereocenters. The second-order valence-electron chi connectivity index (χ2n) is 5.26. The molecule has 0 saturated carbocycles. The number of allylic oxidation sites excluding steroid dienone is 3. The van der Waals surface area contributed by atoms with Crippen molar-refractivity contribution >= 4 is 32.8 Å². The highest BCUT2D eigenvalue weighted by atomic mass is 79.9. The number of hydrogen-bond acceptors (Lipinski definition) is 4. The molecule has 1 aliphatic carbocycles. The van der Waals surface area contributed by atoms with Crippen LogP contribution in [0.2, 0.25) is 0 Å². The molecule has 1 heterocycles. The minimum atomic E-state index is -0.397. The lowest BCUT2D eigenvalue weighted by Crippen LogP contribution is -2.09. The monoisotopic (exact) mass is 373 g/mol. The average Bonchev–Trinajstić information content (AvgIpc) is 2.56. The number of benzene rings is 1. The maximum Gasteiger partial charge on any atom is 0.339 e. The number of rotatable bonds is 3. The molecule has 0 atom stereocenters. The number of nitrogens with zero attached hydrogens (tertiary/aromatic N) is 1. The summed E-state index contributed by atoms with van der Waals surface area (Å²) in [6.45, 7) is 1.82. The lowest BCUT2D eigenvalue weighted by Gasteiger charge is -2.15. The summed E-state index contributed by atoms with van der Waals surface area (Å²) >= 11 is 3.43. The van der Waals surface area contributed by atoms with Gasteiger partial charge in [-0.05, 0) is 50.1 Å². The predicted molar refractivity (Wildman–Crippen MR) is 92.6 cm³/mol. The van der Waals surface area contributed by atoms with E-state index in [9.17, 15) is 4.79 Å². The van der Waals surface area contributed by atoms with Crippen LogP contribution < -0.4 is 4.74 Å². The summed E-state index contributed by atoms with van der Waals surface area (Å²) in [5, 5.41) is 0.740. The number of aromatic nitrogens is 1. The molecule has 0 saturated heterocycles. The number of carbonyl (C=O) groups is 1. The zero-order valence-electron chi connectivity index (χ0n) is 12.9. The molecule has 0 aliphatic heterocycles. The summed E-state index contributed by atoms with van der Waals surface area (Å²) < 4.78 is 11.7. The Bertz CT molecular complexity index is 840. The Morgan fingerprint density at radius 2 is 2.13 bits per heavy atom. The molecule has 0 bridgehead atoms. The third-order valence-electron chi connectivity index (χ3n) is 3.71. The van der Waals surface area contributed by atoms with Crippen molar-refractivity contribution in [2.45, 2.75) is 19.8 Å². The molecule has 118 valence electrons. The smallest absolute Gasteiger partial charge is 0.339 e. The fourth-order valence-corrected chi connectivity index (χ4v) is 2.91. The highest BCUT2D eigenvalue weighted by molar-refractivity contribution is 9.10. The maximum atomic E-state index is 12.3. The van der Waals surface area contributed by atoms with E-state index in [1.807, 2.05) is 37.3 Å². The molecule has 0 fully saturated rings. The Morgan fingerprint density at radius 1 is 1.30 bits per heavy atom. The Balaban J connectivity index is 2.17. The topological polar surface area (TPSA) is 48.4 Å². The Morgan fingerprint density at radius 3 is 2.83 bits per heavy atom. The number of ether oxygens (including phenoxy) is 2. The van der Waals surface area contributed by atoms with Gasteiger partial charge in [0.1, 0.15) is 5.76 Å². The molecule has 0 N–H and O–H groups in total. The van der Waals surface area contributed by atoms with E-state index in [1.54, 1.807) is 0 Å². The van der Waals surface area contributed by atoms with Gasteiger partial charge < -0.3 is 9.47 Å². The third-order valence-corrected chi connectivity index (χ3v) is 4.20. The first-order valence-corrected chi connectivity index (χ1v) is 8.12. The number of hydrogen-bond donors (Lipinski definition) is 0. The first-order valence-electron chi connectivity index (χ1n) is 7.33. The van der Waals surface area contributed by atoms with Gasteiger partial charge in [-0.15, -0.1) is 0 Å². The maximum absolute atomic E-state index is 12.3. The Labute approximate surface area is 142 Å². The van der Waals surface area contributed by atoms with Crippen molar-refractivity contribution in [1.82, 2.24) is 4.98 Å². The van der Waals surface area contributed by atoms with Crippen LogP contribution in [0.3, 0.4) is 0 Å². The van der Waals surface area contributed by atoms with E-state index in [0.29, 0.717) is 22.5 Å². The van der Waals surface area contributed by atoms with Crippen LogP contribution in [0.5, 0.6) is 5.88 Å². The minimum Gasteiger partial charge on any atom is -0.465 e. The van der Waals surface area contributed by atoms with Crippen molar-refractivity contribution in [1.29, 1.82) is 0 Å². The highest BCUT2D eigenvalue weighted by Crippen LogP contribution is 2.31. The van der Waals surface area contributed by atoms with Gasteiger partial charge in [0, 0.05) is 15.4 Å². The van der Waals surface area contributed by atoms with E-state index < -0.39 is 5.97 Å². The van der Waals surface area contributed by atoms with E-state index in [1.165, 1.54) is 7.11 Å². The molecule has 4 nitrogen and oxygen atoms in total. The van der Waals surface area contributed by atoms with Crippen LogP contribution in [0, 0.1) is 6.92 Å². The molecular weight excluding hydrogens is 358 g/mol. The molecule has 1 aromatic carbocycles. The zero-order chi connectivity index (χ0) is 16.4. The average molecular weight is 374 g/mol. The van der Waals surface area contributed by atoms with Gasteiger partial charge in [0.25, 0.3) is 0 Å². The van der Waals surface area contributed by atoms with Crippen LogP contribution in [0.4, 0.5) is 0 Å².